The van der Waals surface area contributed by atoms with Gasteiger partial charge in [0.1, 0.15) is 0 Å². The zero-order chi connectivity index (χ0) is 16.8. The van der Waals surface area contributed by atoms with Crippen molar-refractivity contribution in [3.05, 3.63) is 70.2 Å². The molecule has 0 aliphatic heterocycles. The Hall–Kier alpha value is -2.33. The van der Waals surface area contributed by atoms with Crippen LogP contribution in [-0.2, 0) is 11.2 Å². The van der Waals surface area contributed by atoms with E-state index in [1.807, 2.05) is 37.3 Å². The Bertz CT molecular complexity index is 701. The number of aromatic carboxylic acids is 1. The molecule has 0 radical (unpaired) electrons. The number of hydrogen-bond donors (Lipinski definition) is 2. The predicted molar refractivity (Wildman–Crippen MR) is 89.7 cm³/mol. The number of carbonyl (C=O) groups is 2. The van der Waals surface area contributed by atoms with Crippen molar-refractivity contribution >= 4 is 23.5 Å². The summed E-state index contributed by atoms with van der Waals surface area (Å²) in [5.41, 5.74) is 1.41. The highest BCUT2D eigenvalue weighted by molar-refractivity contribution is 6.33. The van der Waals surface area contributed by atoms with Gasteiger partial charge in [0.25, 0.3) is 0 Å². The molecule has 2 aromatic rings. The molecule has 0 heterocycles. The quantitative estimate of drug-likeness (QED) is 0.845. The molecule has 1 atom stereocenters. The molecule has 23 heavy (non-hydrogen) atoms. The predicted octanol–water partition coefficient (Wildman–Crippen LogP) is 3.85. The molecule has 0 bridgehead atoms. The molecule has 0 spiro atoms. The van der Waals surface area contributed by atoms with Gasteiger partial charge in [0.2, 0.25) is 5.91 Å². The lowest BCUT2D eigenvalue weighted by atomic mass is 10.0. The number of nitrogens with one attached hydrogen (secondary N) is 1. The fourth-order valence-corrected chi connectivity index (χ4v) is 2.76. The number of amides is 1. The second-order valence-electron chi connectivity index (χ2n) is 5.19. The third-order valence-electron chi connectivity index (χ3n) is 3.61. The van der Waals surface area contributed by atoms with Crippen molar-refractivity contribution in [3.63, 3.8) is 0 Å². The fourth-order valence-electron chi connectivity index (χ4n) is 2.48. The summed E-state index contributed by atoms with van der Waals surface area (Å²) in [7, 11) is 0. The molecule has 0 aliphatic rings. The van der Waals surface area contributed by atoms with E-state index in [2.05, 4.69) is 5.32 Å². The molecule has 4 nitrogen and oxygen atoms in total. The van der Waals surface area contributed by atoms with Crippen molar-refractivity contribution in [3.8, 4) is 0 Å². The number of carboxylic acid groups (broad SMARTS) is 1. The molecule has 5 heteroatoms. The Morgan fingerprint density at radius 1 is 1.13 bits per heavy atom. The van der Waals surface area contributed by atoms with Crippen molar-refractivity contribution in [2.75, 3.05) is 0 Å². The van der Waals surface area contributed by atoms with Crippen LogP contribution in [0.4, 0.5) is 0 Å². The summed E-state index contributed by atoms with van der Waals surface area (Å²) in [5.74, 6) is -1.36. The Labute approximate surface area is 140 Å². The first-order chi connectivity index (χ1) is 11.0. The van der Waals surface area contributed by atoms with Gasteiger partial charge >= 0.3 is 5.97 Å². The van der Waals surface area contributed by atoms with Crippen LogP contribution >= 0.6 is 11.6 Å². The number of rotatable bonds is 6. The Morgan fingerprint density at radius 2 is 1.83 bits per heavy atom. The van der Waals surface area contributed by atoms with Gasteiger partial charge in [-0.3, -0.25) is 4.79 Å². The van der Waals surface area contributed by atoms with Gasteiger partial charge in [-0.15, -0.1) is 0 Å². The van der Waals surface area contributed by atoms with Crippen molar-refractivity contribution in [2.24, 2.45) is 0 Å². The zero-order valence-electron chi connectivity index (χ0n) is 12.8. The summed E-state index contributed by atoms with van der Waals surface area (Å²) in [6.45, 7) is 1.99. The molecule has 0 saturated carbocycles. The molecule has 120 valence electrons. The topological polar surface area (TPSA) is 66.4 Å². The summed E-state index contributed by atoms with van der Waals surface area (Å²) in [6, 6.07) is 14.3. The maximum Gasteiger partial charge on any atom is 0.337 e. The van der Waals surface area contributed by atoms with E-state index < -0.39 is 5.97 Å². The molecular weight excluding hydrogens is 314 g/mol. The van der Waals surface area contributed by atoms with Crippen LogP contribution in [0.1, 0.15) is 40.9 Å². The second kappa shape index (κ2) is 7.79. The van der Waals surface area contributed by atoms with Crippen molar-refractivity contribution in [1.82, 2.24) is 5.32 Å². The zero-order valence-corrected chi connectivity index (χ0v) is 13.5. The lowest BCUT2D eigenvalue weighted by molar-refractivity contribution is -0.121. The highest BCUT2D eigenvalue weighted by atomic mass is 35.5. The van der Waals surface area contributed by atoms with Crippen molar-refractivity contribution < 1.29 is 14.7 Å². The molecule has 1 amide bonds. The van der Waals surface area contributed by atoms with E-state index in [9.17, 15) is 14.7 Å². The summed E-state index contributed by atoms with van der Waals surface area (Å²) in [6.07, 6.45) is 0.725. The van der Waals surface area contributed by atoms with Crippen LogP contribution < -0.4 is 5.32 Å². The maximum atomic E-state index is 12.3. The molecule has 0 saturated heterocycles. The van der Waals surface area contributed by atoms with Crippen LogP contribution in [0.15, 0.2) is 48.5 Å². The summed E-state index contributed by atoms with van der Waals surface area (Å²) in [4.78, 5) is 23.6. The SMILES string of the molecule is CCC(NC(=O)Cc1cccc(Cl)c1C(=O)O)c1ccccc1. The Kier molecular flexibility index (Phi) is 5.77. The van der Waals surface area contributed by atoms with Crippen LogP contribution in [0.2, 0.25) is 5.02 Å². The molecular formula is C18H18ClNO3. The minimum Gasteiger partial charge on any atom is -0.478 e. The highest BCUT2D eigenvalue weighted by Crippen LogP contribution is 2.21. The van der Waals surface area contributed by atoms with E-state index in [0.29, 0.717) is 5.56 Å². The minimum atomic E-state index is -1.13. The largest absolute Gasteiger partial charge is 0.478 e. The van der Waals surface area contributed by atoms with Gasteiger partial charge in [0, 0.05) is 0 Å². The van der Waals surface area contributed by atoms with E-state index in [0.717, 1.165) is 12.0 Å². The van der Waals surface area contributed by atoms with E-state index in [4.69, 9.17) is 11.6 Å². The van der Waals surface area contributed by atoms with Crippen molar-refractivity contribution in [1.29, 1.82) is 0 Å². The van der Waals surface area contributed by atoms with Gasteiger partial charge in [0.05, 0.1) is 23.0 Å². The number of hydrogen-bond acceptors (Lipinski definition) is 2. The molecule has 2 rings (SSSR count). The summed E-state index contributed by atoms with van der Waals surface area (Å²) >= 11 is 5.92. The van der Waals surface area contributed by atoms with E-state index in [1.165, 1.54) is 6.07 Å². The average Bonchev–Trinajstić information content (AvgIpc) is 2.53. The second-order valence-corrected chi connectivity index (χ2v) is 5.60. The summed E-state index contributed by atoms with van der Waals surface area (Å²) in [5, 5.41) is 12.3. The van der Waals surface area contributed by atoms with E-state index >= 15 is 0 Å². The average molecular weight is 332 g/mol. The molecule has 0 aliphatic carbocycles. The lowest BCUT2D eigenvalue weighted by Gasteiger charge is -2.18. The number of carbonyl (C=O) groups excluding carboxylic acids is 1. The lowest BCUT2D eigenvalue weighted by Crippen LogP contribution is -2.30. The smallest absolute Gasteiger partial charge is 0.337 e. The third-order valence-corrected chi connectivity index (χ3v) is 3.93. The number of benzene rings is 2. The van der Waals surface area contributed by atoms with Crippen LogP contribution in [-0.4, -0.2) is 17.0 Å². The van der Waals surface area contributed by atoms with Gasteiger partial charge in [0.15, 0.2) is 0 Å². The standard InChI is InChI=1S/C18H18ClNO3/c1-2-15(12-7-4-3-5-8-12)20-16(21)11-13-9-6-10-14(19)17(13)18(22)23/h3-10,15H,2,11H2,1H3,(H,20,21)(H,22,23). The monoisotopic (exact) mass is 331 g/mol. The minimum absolute atomic E-state index is 0.0166. The van der Waals surface area contributed by atoms with Crippen LogP contribution in [0.3, 0.4) is 0 Å². The number of carboxylic acids is 1. The number of halogens is 1. The molecule has 2 N–H and O–H groups in total. The molecule has 2 aromatic carbocycles. The van der Waals surface area contributed by atoms with Crippen LogP contribution in [0.5, 0.6) is 0 Å². The van der Waals surface area contributed by atoms with Crippen molar-refractivity contribution in [2.45, 2.75) is 25.8 Å². The highest BCUT2D eigenvalue weighted by Gasteiger charge is 2.18. The van der Waals surface area contributed by atoms with E-state index in [-0.39, 0.29) is 29.0 Å². The van der Waals surface area contributed by atoms with Gasteiger partial charge in [-0.25, -0.2) is 4.79 Å². The first kappa shape index (κ1) is 17.0. The van der Waals surface area contributed by atoms with Gasteiger partial charge in [-0.2, -0.15) is 0 Å². The van der Waals surface area contributed by atoms with E-state index in [1.54, 1.807) is 12.1 Å². The molecule has 0 fully saturated rings. The maximum absolute atomic E-state index is 12.3. The van der Waals surface area contributed by atoms with Gasteiger partial charge in [-0.1, -0.05) is 61.0 Å². The van der Waals surface area contributed by atoms with Crippen LogP contribution in [0, 0.1) is 0 Å². The van der Waals surface area contributed by atoms with Gasteiger partial charge in [-0.05, 0) is 23.6 Å². The molecule has 1 unspecified atom stereocenters. The third kappa shape index (κ3) is 4.33. The van der Waals surface area contributed by atoms with Crippen LogP contribution in [0.25, 0.3) is 0 Å². The van der Waals surface area contributed by atoms with Gasteiger partial charge < -0.3 is 10.4 Å². The summed E-state index contributed by atoms with van der Waals surface area (Å²) < 4.78 is 0. The fraction of sp³-hybridized carbons (Fsp3) is 0.222. The Morgan fingerprint density at radius 3 is 2.43 bits per heavy atom. The molecule has 0 aromatic heterocycles. The Balaban J connectivity index is 2.14. The first-order valence-corrected chi connectivity index (χ1v) is 7.75. The normalized spacial score (nSPS) is 11.7. The first-order valence-electron chi connectivity index (χ1n) is 7.38.